The molecule has 0 aliphatic carbocycles. The standard InChI is InChI=1S/C28H32N4O6/c1-27(2,3)31-24(33)21-22(25(31)34)28(26(35)36,16-17-6-10-20(11-7-17)32(37)38)29-23(21)18-8-12-19(13-9-18)30-14-4-5-15-30/h6-13,21-23,29H,4-5,14-16H2,1-3H3,(H,35,36). The maximum atomic E-state index is 13.8. The number of nitrogens with zero attached hydrogens (tertiary/aromatic N) is 3. The lowest BCUT2D eigenvalue weighted by atomic mass is 9.76. The molecule has 3 aliphatic rings. The third kappa shape index (κ3) is 4.13. The van der Waals surface area contributed by atoms with Crippen molar-refractivity contribution >= 4 is 29.2 Å². The molecule has 2 amide bonds. The number of carbonyl (C=O) groups excluding carboxylic acids is 2. The molecule has 0 bridgehead atoms. The number of anilines is 1. The number of rotatable bonds is 6. The van der Waals surface area contributed by atoms with Crippen LogP contribution in [0.3, 0.4) is 0 Å². The highest BCUT2D eigenvalue weighted by atomic mass is 16.6. The molecule has 4 atom stereocenters. The number of nitro benzene ring substituents is 1. The number of nitrogens with one attached hydrogen (secondary N) is 1. The molecule has 5 rings (SSSR count). The van der Waals surface area contributed by atoms with E-state index < -0.39 is 45.8 Å². The van der Waals surface area contributed by atoms with Crippen molar-refractivity contribution in [1.29, 1.82) is 0 Å². The highest BCUT2D eigenvalue weighted by Crippen LogP contribution is 2.51. The fraction of sp³-hybridized carbons (Fsp3) is 0.464. The number of non-ortho nitro benzene ring substituents is 1. The SMILES string of the molecule is CC(C)(C)N1C(=O)C2C(c3ccc(N4CCCC4)cc3)NC(Cc3ccc([N+](=O)[O-])cc3)(C(=O)O)C2C1=O. The molecule has 3 fully saturated rings. The zero-order valence-electron chi connectivity index (χ0n) is 21.7. The van der Waals surface area contributed by atoms with E-state index in [1.165, 1.54) is 29.2 Å². The summed E-state index contributed by atoms with van der Waals surface area (Å²) in [6, 6.07) is 12.7. The lowest BCUT2D eigenvalue weighted by Crippen LogP contribution is -2.58. The Bertz CT molecular complexity index is 1280. The number of fused-ring (bicyclic) bond motifs is 1. The van der Waals surface area contributed by atoms with E-state index in [9.17, 15) is 29.6 Å². The Kier molecular flexibility index (Phi) is 6.25. The fourth-order valence-electron chi connectivity index (χ4n) is 6.31. The Labute approximate surface area is 220 Å². The van der Waals surface area contributed by atoms with E-state index in [-0.39, 0.29) is 18.0 Å². The van der Waals surface area contributed by atoms with Gasteiger partial charge in [-0.05, 0) is 56.9 Å². The maximum Gasteiger partial charge on any atom is 0.325 e. The van der Waals surface area contributed by atoms with Crippen LogP contribution in [0.1, 0.15) is 50.8 Å². The molecule has 2 N–H and O–H groups in total. The third-order valence-corrected chi connectivity index (χ3v) is 8.06. The van der Waals surface area contributed by atoms with E-state index >= 15 is 0 Å². The van der Waals surface area contributed by atoms with Crippen LogP contribution in [0.5, 0.6) is 0 Å². The number of carboxylic acids is 1. The molecule has 10 nitrogen and oxygen atoms in total. The van der Waals surface area contributed by atoms with Crippen LogP contribution in [0, 0.1) is 22.0 Å². The number of hydrogen-bond donors (Lipinski definition) is 2. The Morgan fingerprint density at radius 2 is 1.66 bits per heavy atom. The van der Waals surface area contributed by atoms with Crippen molar-refractivity contribution in [2.24, 2.45) is 11.8 Å². The number of nitro groups is 1. The molecule has 2 aromatic rings. The third-order valence-electron chi connectivity index (χ3n) is 8.06. The van der Waals surface area contributed by atoms with Gasteiger partial charge < -0.3 is 10.0 Å². The Hall–Kier alpha value is -3.79. The van der Waals surface area contributed by atoms with Crippen molar-refractivity contribution in [2.75, 3.05) is 18.0 Å². The summed E-state index contributed by atoms with van der Waals surface area (Å²) < 4.78 is 0. The van der Waals surface area contributed by atoms with Gasteiger partial charge in [-0.15, -0.1) is 0 Å². The molecule has 10 heteroatoms. The van der Waals surface area contributed by atoms with Gasteiger partial charge in [0.1, 0.15) is 5.54 Å². The van der Waals surface area contributed by atoms with Gasteiger partial charge in [0.25, 0.3) is 5.69 Å². The molecule has 0 spiro atoms. The number of carboxylic acid groups (broad SMARTS) is 1. The number of hydrogen-bond acceptors (Lipinski definition) is 7. The van der Waals surface area contributed by atoms with Gasteiger partial charge in [0, 0.05) is 48.9 Å². The van der Waals surface area contributed by atoms with Crippen LogP contribution in [0.2, 0.25) is 0 Å². The van der Waals surface area contributed by atoms with Gasteiger partial charge in [0.2, 0.25) is 11.8 Å². The molecule has 3 saturated heterocycles. The van der Waals surface area contributed by atoms with Crippen molar-refractivity contribution in [1.82, 2.24) is 10.2 Å². The van der Waals surface area contributed by atoms with Crippen LogP contribution in [-0.4, -0.2) is 56.9 Å². The second-order valence-electron chi connectivity index (χ2n) is 11.5. The van der Waals surface area contributed by atoms with Crippen LogP contribution in [0.25, 0.3) is 0 Å². The van der Waals surface area contributed by atoms with Crippen LogP contribution >= 0.6 is 0 Å². The summed E-state index contributed by atoms with van der Waals surface area (Å²) in [4.78, 5) is 54.7. The number of amides is 2. The van der Waals surface area contributed by atoms with Gasteiger partial charge in [0.05, 0.1) is 16.8 Å². The minimum atomic E-state index is -1.77. The minimum absolute atomic E-state index is 0.110. The summed E-state index contributed by atoms with van der Waals surface area (Å²) in [5, 5.41) is 24.9. The van der Waals surface area contributed by atoms with Crippen molar-refractivity contribution < 1.29 is 24.4 Å². The topological polar surface area (TPSA) is 133 Å². The maximum absolute atomic E-state index is 13.8. The summed E-state index contributed by atoms with van der Waals surface area (Å²) in [5.74, 6) is -4.17. The van der Waals surface area contributed by atoms with Crippen LogP contribution < -0.4 is 10.2 Å². The molecular weight excluding hydrogens is 488 g/mol. The molecule has 3 heterocycles. The lowest BCUT2D eigenvalue weighted by molar-refractivity contribution is -0.384. The lowest BCUT2D eigenvalue weighted by Gasteiger charge is -2.35. The summed E-state index contributed by atoms with van der Waals surface area (Å²) in [6.07, 6.45) is 2.16. The number of carbonyl (C=O) groups is 3. The Morgan fingerprint density at radius 3 is 2.18 bits per heavy atom. The van der Waals surface area contributed by atoms with E-state index in [1.807, 2.05) is 24.3 Å². The number of imide groups is 1. The number of aliphatic carboxylic acids is 1. The first-order valence-corrected chi connectivity index (χ1v) is 12.9. The van der Waals surface area contributed by atoms with Crippen LogP contribution in [0.15, 0.2) is 48.5 Å². The average Bonchev–Trinajstić information content (AvgIpc) is 3.57. The predicted octanol–water partition coefficient (Wildman–Crippen LogP) is 3.31. The van der Waals surface area contributed by atoms with E-state index in [0.717, 1.165) is 37.2 Å². The minimum Gasteiger partial charge on any atom is -0.480 e. The second kappa shape index (κ2) is 9.20. The van der Waals surface area contributed by atoms with Gasteiger partial charge in [-0.2, -0.15) is 0 Å². The van der Waals surface area contributed by atoms with Crippen molar-refractivity contribution in [3.8, 4) is 0 Å². The quantitative estimate of drug-likeness (QED) is 0.337. The van der Waals surface area contributed by atoms with E-state index in [0.29, 0.717) is 5.56 Å². The largest absolute Gasteiger partial charge is 0.480 e. The zero-order chi connectivity index (χ0) is 27.4. The van der Waals surface area contributed by atoms with E-state index in [2.05, 4.69) is 10.2 Å². The first-order chi connectivity index (χ1) is 17.9. The molecule has 3 aliphatic heterocycles. The highest BCUT2D eigenvalue weighted by Gasteiger charge is 2.69. The second-order valence-corrected chi connectivity index (χ2v) is 11.5. The molecule has 4 unspecified atom stereocenters. The summed E-state index contributed by atoms with van der Waals surface area (Å²) in [5.41, 5.74) is -0.374. The van der Waals surface area contributed by atoms with Crippen LogP contribution in [0.4, 0.5) is 11.4 Å². The van der Waals surface area contributed by atoms with E-state index in [4.69, 9.17) is 0 Å². The van der Waals surface area contributed by atoms with E-state index in [1.54, 1.807) is 20.8 Å². The molecule has 0 aromatic heterocycles. The summed E-state index contributed by atoms with van der Waals surface area (Å²) >= 11 is 0. The average molecular weight is 521 g/mol. The first kappa shape index (κ1) is 25.8. The first-order valence-electron chi connectivity index (χ1n) is 12.9. The van der Waals surface area contributed by atoms with Gasteiger partial charge in [-0.3, -0.25) is 34.7 Å². The number of benzene rings is 2. The van der Waals surface area contributed by atoms with Gasteiger partial charge >= 0.3 is 5.97 Å². The smallest absolute Gasteiger partial charge is 0.325 e. The molecule has 200 valence electrons. The van der Waals surface area contributed by atoms with Crippen molar-refractivity contribution in [2.45, 2.75) is 57.2 Å². The van der Waals surface area contributed by atoms with Gasteiger partial charge in [-0.1, -0.05) is 24.3 Å². The Balaban J connectivity index is 1.57. The van der Waals surface area contributed by atoms with Gasteiger partial charge in [0.15, 0.2) is 0 Å². The van der Waals surface area contributed by atoms with Crippen molar-refractivity contribution in [3.05, 3.63) is 69.8 Å². The fourth-order valence-corrected chi connectivity index (χ4v) is 6.31. The number of likely N-dealkylation sites (tertiary alicyclic amines) is 1. The van der Waals surface area contributed by atoms with Crippen molar-refractivity contribution in [3.63, 3.8) is 0 Å². The summed E-state index contributed by atoms with van der Waals surface area (Å²) in [7, 11) is 0. The summed E-state index contributed by atoms with van der Waals surface area (Å²) in [6.45, 7) is 7.24. The highest BCUT2D eigenvalue weighted by molar-refractivity contribution is 6.10. The zero-order valence-corrected chi connectivity index (χ0v) is 21.7. The molecule has 2 aromatic carbocycles. The molecular formula is C28H32N4O6. The normalized spacial score (nSPS) is 27.2. The monoisotopic (exact) mass is 520 g/mol. The molecule has 0 saturated carbocycles. The molecule has 38 heavy (non-hydrogen) atoms. The molecule has 0 radical (unpaired) electrons. The van der Waals surface area contributed by atoms with Gasteiger partial charge in [-0.25, -0.2) is 0 Å². The Morgan fingerprint density at radius 1 is 1.05 bits per heavy atom. The predicted molar refractivity (Wildman–Crippen MR) is 140 cm³/mol. The van der Waals surface area contributed by atoms with Crippen LogP contribution in [-0.2, 0) is 20.8 Å².